The molecule has 1 aromatic rings. The standard InChI is InChI=1S/C15H18FNO/c1-10-2-7-14(16)13(8-10)15(18)17(12-5-6-12)9-11-3-4-11/h2,7-8,11-12H,3-6,9H2,1H3. The Bertz CT molecular complexity index is 477. The Morgan fingerprint density at radius 2 is 2.06 bits per heavy atom. The maximum Gasteiger partial charge on any atom is 0.257 e. The van der Waals surface area contributed by atoms with Crippen LogP contribution < -0.4 is 0 Å². The van der Waals surface area contributed by atoms with Crippen LogP contribution in [0.4, 0.5) is 4.39 Å². The van der Waals surface area contributed by atoms with Crippen molar-refractivity contribution in [1.29, 1.82) is 0 Å². The first-order valence-electron chi connectivity index (χ1n) is 6.72. The van der Waals surface area contributed by atoms with E-state index < -0.39 is 5.82 Å². The van der Waals surface area contributed by atoms with E-state index in [2.05, 4.69) is 0 Å². The molecule has 2 aliphatic carbocycles. The second-order valence-electron chi connectivity index (χ2n) is 5.62. The monoisotopic (exact) mass is 247 g/mol. The summed E-state index contributed by atoms with van der Waals surface area (Å²) in [4.78, 5) is 14.3. The van der Waals surface area contributed by atoms with Crippen molar-refractivity contribution in [3.63, 3.8) is 0 Å². The summed E-state index contributed by atoms with van der Waals surface area (Å²) in [5.74, 6) is 0.139. The van der Waals surface area contributed by atoms with Gasteiger partial charge in [-0.1, -0.05) is 11.6 Å². The van der Waals surface area contributed by atoms with E-state index in [9.17, 15) is 9.18 Å². The molecule has 0 radical (unpaired) electrons. The molecule has 0 aliphatic heterocycles. The number of nitrogens with zero attached hydrogens (tertiary/aromatic N) is 1. The van der Waals surface area contributed by atoms with Gasteiger partial charge < -0.3 is 4.90 Å². The van der Waals surface area contributed by atoms with E-state index >= 15 is 0 Å². The van der Waals surface area contributed by atoms with Crippen LogP contribution in [0.2, 0.25) is 0 Å². The first-order valence-corrected chi connectivity index (χ1v) is 6.72. The Labute approximate surface area is 107 Å². The molecule has 1 aromatic carbocycles. The summed E-state index contributed by atoms with van der Waals surface area (Å²) in [6, 6.07) is 5.12. The highest BCUT2D eigenvalue weighted by Crippen LogP contribution is 2.35. The molecule has 0 saturated heterocycles. The van der Waals surface area contributed by atoms with Gasteiger partial charge in [-0.3, -0.25) is 4.79 Å². The molecule has 96 valence electrons. The fourth-order valence-electron chi connectivity index (χ4n) is 2.32. The van der Waals surface area contributed by atoms with Crippen molar-refractivity contribution < 1.29 is 9.18 Å². The van der Waals surface area contributed by atoms with Crippen LogP contribution in [0.3, 0.4) is 0 Å². The number of aryl methyl sites for hydroxylation is 1. The van der Waals surface area contributed by atoms with E-state index in [1.807, 2.05) is 11.8 Å². The largest absolute Gasteiger partial charge is 0.335 e. The lowest BCUT2D eigenvalue weighted by molar-refractivity contribution is 0.0730. The number of halogens is 1. The topological polar surface area (TPSA) is 20.3 Å². The van der Waals surface area contributed by atoms with Gasteiger partial charge in [-0.2, -0.15) is 0 Å². The zero-order valence-electron chi connectivity index (χ0n) is 10.7. The Balaban J connectivity index is 1.83. The fraction of sp³-hybridized carbons (Fsp3) is 0.533. The molecule has 0 heterocycles. The quantitative estimate of drug-likeness (QED) is 0.800. The van der Waals surface area contributed by atoms with Gasteiger partial charge in [-0.05, 0) is 50.7 Å². The first-order chi connectivity index (χ1) is 8.65. The lowest BCUT2D eigenvalue weighted by Crippen LogP contribution is -2.35. The van der Waals surface area contributed by atoms with Crippen molar-refractivity contribution in [3.05, 3.63) is 35.1 Å². The predicted octanol–water partition coefficient (Wildman–Crippen LogP) is 3.15. The lowest BCUT2D eigenvalue weighted by Gasteiger charge is -2.22. The van der Waals surface area contributed by atoms with Crippen molar-refractivity contribution in [1.82, 2.24) is 4.90 Å². The Hall–Kier alpha value is -1.38. The van der Waals surface area contributed by atoms with Crippen LogP contribution in [-0.4, -0.2) is 23.4 Å². The number of rotatable bonds is 4. The summed E-state index contributed by atoms with van der Waals surface area (Å²) in [5.41, 5.74) is 1.17. The highest BCUT2D eigenvalue weighted by molar-refractivity contribution is 5.95. The number of benzene rings is 1. The molecular formula is C15H18FNO. The third kappa shape index (κ3) is 2.40. The maximum atomic E-state index is 13.8. The molecule has 0 aromatic heterocycles. The Morgan fingerprint density at radius 1 is 1.33 bits per heavy atom. The predicted molar refractivity (Wildman–Crippen MR) is 67.9 cm³/mol. The minimum atomic E-state index is -0.396. The third-order valence-electron chi connectivity index (χ3n) is 3.75. The van der Waals surface area contributed by atoms with Crippen molar-refractivity contribution in [2.45, 2.75) is 38.6 Å². The molecule has 0 unspecified atom stereocenters. The summed E-state index contributed by atoms with van der Waals surface area (Å²) in [5, 5.41) is 0. The fourth-order valence-corrected chi connectivity index (χ4v) is 2.32. The van der Waals surface area contributed by atoms with Gasteiger partial charge in [-0.25, -0.2) is 4.39 Å². The van der Waals surface area contributed by atoms with Crippen LogP contribution in [-0.2, 0) is 0 Å². The van der Waals surface area contributed by atoms with E-state index in [-0.39, 0.29) is 11.5 Å². The Kier molecular flexibility index (Phi) is 2.84. The number of hydrogen-bond acceptors (Lipinski definition) is 1. The van der Waals surface area contributed by atoms with Gasteiger partial charge in [0.15, 0.2) is 0 Å². The molecule has 0 atom stereocenters. The van der Waals surface area contributed by atoms with Crippen molar-refractivity contribution in [3.8, 4) is 0 Å². The average molecular weight is 247 g/mol. The SMILES string of the molecule is Cc1ccc(F)c(C(=O)N(CC2CC2)C2CC2)c1. The minimum absolute atomic E-state index is 0.120. The van der Waals surface area contributed by atoms with Gasteiger partial charge >= 0.3 is 0 Å². The zero-order valence-corrected chi connectivity index (χ0v) is 10.7. The molecule has 2 fully saturated rings. The van der Waals surface area contributed by atoms with Crippen molar-refractivity contribution in [2.24, 2.45) is 5.92 Å². The smallest absolute Gasteiger partial charge is 0.257 e. The van der Waals surface area contributed by atoms with Gasteiger partial charge in [-0.15, -0.1) is 0 Å². The van der Waals surface area contributed by atoms with Crippen LogP contribution in [0.1, 0.15) is 41.6 Å². The third-order valence-corrected chi connectivity index (χ3v) is 3.75. The normalized spacial score (nSPS) is 18.8. The van der Waals surface area contributed by atoms with Crippen LogP contribution in [0, 0.1) is 18.7 Å². The van der Waals surface area contributed by atoms with Crippen LogP contribution in [0.5, 0.6) is 0 Å². The second-order valence-corrected chi connectivity index (χ2v) is 5.62. The minimum Gasteiger partial charge on any atom is -0.335 e. The average Bonchev–Trinajstić information content (AvgIpc) is 3.21. The summed E-state index contributed by atoms with van der Waals surface area (Å²) < 4.78 is 13.8. The van der Waals surface area contributed by atoms with Gasteiger partial charge in [0.05, 0.1) is 5.56 Å². The molecule has 18 heavy (non-hydrogen) atoms. The lowest BCUT2D eigenvalue weighted by atomic mass is 10.1. The summed E-state index contributed by atoms with van der Waals surface area (Å²) in [6.45, 7) is 2.70. The summed E-state index contributed by atoms with van der Waals surface area (Å²) >= 11 is 0. The maximum absolute atomic E-state index is 13.8. The van der Waals surface area contributed by atoms with Crippen molar-refractivity contribution >= 4 is 5.91 Å². The van der Waals surface area contributed by atoms with E-state index in [1.165, 1.54) is 18.9 Å². The number of amides is 1. The molecule has 3 heteroatoms. The molecular weight excluding hydrogens is 229 g/mol. The Morgan fingerprint density at radius 3 is 2.67 bits per heavy atom. The molecule has 0 spiro atoms. The van der Waals surface area contributed by atoms with Crippen LogP contribution in [0.25, 0.3) is 0 Å². The van der Waals surface area contributed by atoms with Gasteiger partial charge in [0, 0.05) is 12.6 Å². The van der Waals surface area contributed by atoms with Gasteiger partial charge in [0.25, 0.3) is 5.91 Å². The number of hydrogen-bond donors (Lipinski definition) is 0. The molecule has 3 rings (SSSR count). The van der Waals surface area contributed by atoms with E-state index in [0.29, 0.717) is 12.0 Å². The first kappa shape index (κ1) is 11.7. The van der Waals surface area contributed by atoms with Gasteiger partial charge in [0.1, 0.15) is 5.82 Å². The summed E-state index contributed by atoms with van der Waals surface area (Å²) in [6.07, 6.45) is 4.58. The summed E-state index contributed by atoms with van der Waals surface area (Å²) in [7, 11) is 0. The molecule has 2 nitrogen and oxygen atoms in total. The van der Waals surface area contributed by atoms with E-state index in [4.69, 9.17) is 0 Å². The molecule has 0 bridgehead atoms. The second kappa shape index (κ2) is 4.38. The molecule has 0 N–H and O–H groups in total. The molecule has 2 saturated carbocycles. The zero-order chi connectivity index (χ0) is 12.7. The van der Waals surface area contributed by atoms with E-state index in [1.54, 1.807) is 12.1 Å². The van der Waals surface area contributed by atoms with Crippen LogP contribution in [0.15, 0.2) is 18.2 Å². The number of carbonyl (C=O) groups is 1. The van der Waals surface area contributed by atoms with Crippen LogP contribution >= 0.6 is 0 Å². The van der Waals surface area contributed by atoms with E-state index in [0.717, 1.165) is 24.9 Å². The highest BCUT2D eigenvalue weighted by Gasteiger charge is 2.37. The van der Waals surface area contributed by atoms with Gasteiger partial charge in [0.2, 0.25) is 0 Å². The number of carbonyl (C=O) groups excluding carboxylic acids is 1. The highest BCUT2D eigenvalue weighted by atomic mass is 19.1. The van der Waals surface area contributed by atoms with Crippen molar-refractivity contribution in [2.75, 3.05) is 6.54 Å². The molecule has 1 amide bonds. The molecule has 2 aliphatic rings.